The molecule has 0 aliphatic rings. The third-order valence-corrected chi connectivity index (χ3v) is 3.13. The van der Waals surface area contributed by atoms with E-state index in [-0.39, 0.29) is 5.97 Å². The number of benzene rings is 2. The second kappa shape index (κ2) is 7.14. The van der Waals surface area contributed by atoms with Gasteiger partial charge in [-0.1, -0.05) is 12.1 Å². The number of carbonyl (C=O) groups is 1. The highest BCUT2D eigenvalue weighted by atomic mass is 16.5. The first-order chi connectivity index (χ1) is 10.6. The highest BCUT2D eigenvalue weighted by molar-refractivity contribution is 5.90. The van der Waals surface area contributed by atoms with Crippen LogP contribution in [0.25, 0.3) is 0 Å². The second-order valence-corrected chi connectivity index (χ2v) is 4.68. The van der Waals surface area contributed by atoms with Gasteiger partial charge in [0.05, 0.1) is 23.8 Å². The molecule has 0 bridgehead atoms. The lowest BCUT2D eigenvalue weighted by molar-refractivity contribution is 0.0526. The fourth-order valence-electron chi connectivity index (χ4n) is 1.99. The van der Waals surface area contributed by atoms with Gasteiger partial charge >= 0.3 is 5.97 Å². The lowest BCUT2D eigenvalue weighted by atomic mass is 10.1. The molecule has 0 aromatic heterocycles. The van der Waals surface area contributed by atoms with E-state index in [0.29, 0.717) is 30.0 Å². The van der Waals surface area contributed by atoms with Crippen LogP contribution in [0.3, 0.4) is 0 Å². The van der Waals surface area contributed by atoms with Gasteiger partial charge in [-0.05, 0) is 42.8 Å². The van der Waals surface area contributed by atoms with Crippen molar-refractivity contribution in [2.24, 2.45) is 0 Å². The zero-order valence-corrected chi connectivity index (χ0v) is 12.3. The average Bonchev–Trinajstić information content (AvgIpc) is 2.54. The van der Waals surface area contributed by atoms with Crippen LogP contribution in [0.2, 0.25) is 0 Å². The van der Waals surface area contributed by atoms with Crippen molar-refractivity contribution in [2.45, 2.75) is 13.5 Å². The van der Waals surface area contributed by atoms with E-state index in [4.69, 9.17) is 15.7 Å². The van der Waals surface area contributed by atoms with Crippen molar-refractivity contribution in [3.05, 3.63) is 59.2 Å². The number of ether oxygens (including phenoxy) is 1. The molecule has 5 nitrogen and oxygen atoms in total. The van der Waals surface area contributed by atoms with E-state index in [2.05, 4.69) is 11.4 Å². The van der Waals surface area contributed by atoms with Gasteiger partial charge in [-0.15, -0.1) is 0 Å². The summed E-state index contributed by atoms with van der Waals surface area (Å²) in [6.45, 7) is 2.59. The third kappa shape index (κ3) is 3.76. The van der Waals surface area contributed by atoms with Gasteiger partial charge in [0.25, 0.3) is 0 Å². The summed E-state index contributed by atoms with van der Waals surface area (Å²) in [5, 5.41) is 12.1. The van der Waals surface area contributed by atoms with Crippen LogP contribution >= 0.6 is 0 Å². The molecule has 3 N–H and O–H groups in total. The smallest absolute Gasteiger partial charge is 0.338 e. The van der Waals surface area contributed by atoms with Crippen LogP contribution in [-0.4, -0.2) is 12.6 Å². The third-order valence-electron chi connectivity index (χ3n) is 3.13. The molecular formula is C17H17N3O2. The van der Waals surface area contributed by atoms with Crippen molar-refractivity contribution in [2.75, 3.05) is 17.7 Å². The molecule has 2 aromatic rings. The molecule has 112 valence electrons. The van der Waals surface area contributed by atoms with E-state index < -0.39 is 0 Å². The summed E-state index contributed by atoms with van der Waals surface area (Å²) in [6, 6.07) is 14.4. The molecule has 0 atom stereocenters. The first-order valence-electron chi connectivity index (χ1n) is 6.93. The van der Waals surface area contributed by atoms with Gasteiger partial charge in [0, 0.05) is 17.9 Å². The van der Waals surface area contributed by atoms with Gasteiger partial charge in [-0.2, -0.15) is 5.26 Å². The minimum atomic E-state index is -0.379. The molecule has 0 unspecified atom stereocenters. The van der Waals surface area contributed by atoms with E-state index in [1.165, 1.54) is 0 Å². The van der Waals surface area contributed by atoms with Crippen molar-refractivity contribution >= 4 is 17.3 Å². The summed E-state index contributed by atoms with van der Waals surface area (Å²) in [5.41, 5.74) is 9.24. The number of nitrogen functional groups attached to an aromatic ring is 1. The lowest BCUT2D eigenvalue weighted by Crippen LogP contribution is -2.08. The Morgan fingerprint density at radius 1 is 1.32 bits per heavy atom. The monoisotopic (exact) mass is 295 g/mol. The average molecular weight is 295 g/mol. The van der Waals surface area contributed by atoms with Crippen LogP contribution in [0, 0.1) is 11.3 Å². The molecule has 0 heterocycles. The summed E-state index contributed by atoms with van der Waals surface area (Å²) in [7, 11) is 0. The molecule has 0 saturated carbocycles. The van der Waals surface area contributed by atoms with E-state index in [9.17, 15) is 4.79 Å². The van der Waals surface area contributed by atoms with E-state index in [1.54, 1.807) is 37.3 Å². The summed E-state index contributed by atoms with van der Waals surface area (Å²) >= 11 is 0. The maximum absolute atomic E-state index is 11.6. The lowest BCUT2D eigenvalue weighted by Gasteiger charge is -2.10. The summed E-state index contributed by atoms with van der Waals surface area (Å²) < 4.78 is 4.94. The number of nitriles is 1. The molecule has 22 heavy (non-hydrogen) atoms. The van der Waals surface area contributed by atoms with Gasteiger partial charge in [0.1, 0.15) is 0 Å². The Hall–Kier alpha value is -3.00. The Morgan fingerprint density at radius 3 is 2.82 bits per heavy atom. The highest BCUT2D eigenvalue weighted by Gasteiger charge is 2.08. The molecule has 0 aliphatic carbocycles. The van der Waals surface area contributed by atoms with Crippen molar-refractivity contribution < 1.29 is 9.53 Å². The summed E-state index contributed by atoms with van der Waals surface area (Å²) in [4.78, 5) is 11.6. The minimum absolute atomic E-state index is 0.331. The van der Waals surface area contributed by atoms with Crippen LogP contribution in [-0.2, 0) is 11.3 Å². The standard InChI is InChI=1S/C17H17N3O2/c1-2-22-17(21)13-6-7-14(16(19)9-13)11-20-15-5-3-4-12(8-15)10-18/h3-9,20H,2,11,19H2,1H3. The summed E-state index contributed by atoms with van der Waals surface area (Å²) in [5.74, 6) is -0.379. The molecular weight excluding hydrogens is 278 g/mol. The van der Waals surface area contributed by atoms with Crippen LogP contribution in [0.5, 0.6) is 0 Å². The Morgan fingerprint density at radius 2 is 2.14 bits per heavy atom. The predicted molar refractivity (Wildman–Crippen MR) is 85.3 cm³/mol. The van der Waals surface area contributed by atoms with Crippen LogP contribution in [0.4, 0.5) is 11.4 Å². The summed E-state index contributed by atoms with van der Waals surface area (Å²) in [6.07, 6.45) is 0. The van der Waals surface area contributed by atoms with E-state index >= 15 is 0 Å². The Balaban J connectivity index is 2.07. The first-order valence-corrected chi connectivity index (χ1v) is 6.93. The number of nitrogens with one attached hydrogen (secondary N) is 1. The SMILES string of the molecule is CCOC(=O)c1ccc(CNc2cccc(C#N)c2)c(N)c1. The Bertz CT molecular complexity index is 720. The molecule has 0 fully saturated rings. The number of rotatable bonds is 5. The Labute approximate surface area is 129 Å². The molecule has 2 rings (SSSR count). The maximum atomic E-state index is 11.6. The number of nitrogens with two attached hydrogens (primary N) is 1. The molecule has 0 saturated heterocycles. The van der Waals surface area contributed by atoms with E-state index in [1.807, 2.05) is 12.1 Å². The molecule has 0 amide bonds. The molecule has 0 radical (unpaired) electrons. The molecule has 2 aromatic carbocycles. The van der Waals surface area contributed by atoms with Crippen LogP contribution < -0.4 is 11.1 Å². The van der Waals surface area contributed by atoms with Gasteiger partial charge in [0.2, 0.25) is 0 Å². The number of anilines is 2. The topological polar surface area (TPSA) is 88.1 Å². The molecule has 0 aliphatic heterocycles. The molecule has 0 spiro atoms. The first kappa shape index (κ1) is 15.4. The maximum Gasteiger partial charge on any atom is 0.338 e. The van der Waals surface area contributed by atoms with Gasteiger partial charge in [-0.25, -0.2) is 4.79 Å². The number of hydrogen-bond acceptors (Lipinski definition) is 5. The van der Waals surface area contributed by atoms with Crippen molar-refractivity contribution in [1.29, 1.82) is 5.26 Å². The van der Waals surface area contributed by atoms with Gasteiger partial charge < -0.3 is 15.8 Å². The number of hydrogen-bond donors (Lipinski definition) is 2. The van der Waals surface area contributed by atoms with Crippen molar-refractivity contribution in [1.82, 2.24) is 0 Å². The number of carbonyl (C=O) groups excluding carboxylic acids is 1. The minimum Gasteiger partial charge on any atom is -0.462 e. The Kier molecular flexibility index (Phi) is 4.99. The fraction of sp³-hybridized carbons (Fsp3) is 0.176. The highest BCUT2D eigenvalue weighted by Crippen LogP contribution is 2.18. The van der Waals surface area contributed by atoms with E-state index in [0.717, 1.165) is 11.3 Å². The predicted octanol–water partition coefficient (Wildman–Crippen LogP) is 2.93. The van der Waals surface area contributed by atoms with Crippen molar-refractivity contribution in [3.63, 3.8) is 0 Å². The van der Waals surface area contributed by atoms with Crippen LogP contribution in [0.15, 0.2) is 42.5 Å². The second-order valence-electron chi connectivity index (χ2n) is 4.68. The normalized spacial score (nSPS) is 9.82. The van der Waals surface area contributed by atoms with Gasteiger partial charge in [0.15, 0.2) is 0 Å². The number of esters is 1. The molecule has 5 heteroatoms. The zero-order chi connectivity index (χ0) is 15.9. The number of nitrogens with zero attached hydrogens (tertiary/aromatic N) is 1. The van der Waals surface area contributed by atoms with Crippen molar-refractivity contribution in [3.8, 4) is 6.07 Å². The fourth-order valence-corrected chi connectivity index (χ4v) is 1.99. The quantitative estimate of drug-likeness (QED) is 0.654. The largest absolute Gasteiger partial charge is 0.462 e. The zero-order valence-electron chi connectivity index (χ0n) is 12.3. The van der Waals surface area contributed by atoms with Gasteiger partial charge in [-0.3, -0.25) is 0 Å². The van der Waals surface area contributed by atoms with Crippen LogP contribution in [0.1, 0.15) is 28.4 Å².